The second kappa shape index (κ2) is 14.4. The number of ether oxygens (including phenoxy) is 1. The van der Waals surface area contributed by atoms with Crippen molar-refractivity contribution in [2.24, 2.45) is 5.92 Å². The quantitative estimate of drug-likeness (QED) is 0.167. The van der Waals surface area contributed by atoms with Crippen molar-refractivity contribution < 1.29 is 22.9 Å². The molecule has 1 heterocycles. The van der Waals surface area contributed by atoms with Gasteiger partial charge in [0.15, 0.2) is 0 Å². The Morgan fingerprint density at radius 3 is 1.92 bits per heavy atom. The molecule has 36 heavy (non-hydrogen) atoms. The monoisotopic (exact) mass is 523 g/mol. The predicted molar refractivity (Wildman–Crippen MR) is 149 cm³/mol. The summed E-state index contributed by atoms with van der Waals surface area (Å²) in [5, 5.41) is 2.28. The largest absolute Gasteiger partial charge is 0.500 e. The zero-order valence-corrected chi connectivity index (χ0v) is 25.5. The summed E-state index contributed by atoms with van der Waals surface area (Å²) < 4.78 is 22.4. The molecular weight excluding hydrogens is 470 g/mol. The lowest BCUT2D eigenvalue weighted by Gasteiger charge is -2.52. The van der Waals surface area contributed by atoms with Crippen molar-refractivity contribution in [3.63, 3.8) is 0 Å². The van der Waals surface area contributed by atoms with Gasteiger partial charge in [-0.2, -0.15) is 5.06 Å². The number of hydrogen-bond donors (Lipinski definition) is 0. The van der Waals surface area contributed by atoms with Gasteiger partial charge in [0, 0.05) is 45.1 Å². The van der Waals surface area contributed by atoms with Crippen LogP contribution in [0.25, 0.3) is 0 Å². The molecule has 1 aliphatic rings. The molecule has 1 fully saturated rings. The second-order valence-corrected chi connectivity index (χ2v) is 14.9. The lowest BCUT2D eigenvalue weighted by Crippen LogP contribution is -2.58. The lowest BCUT2D eigenvalue weighted by atomic mass is 9.82. The third-order valence-electron chi connectivity index (χ3n) is 7.53. The van der Waals surface area contributed by atoms with Crippen LogP contribution in [-0.2, 0) is 29.5 Å². The highest BCUT2D eigenvalue weighted by atomic mass is 28.4. The van der Waals surface area contributed by atoms with Crippen molar-refractivity contribution in [1.82, 2.24) is 5.06 Å². The summed E-state index contributed by atoms with van der Waals surface area (Å²) in [6.07, 6.45) is 7.98. The van der Waals surface area contributed by atoms with Gasteiger partial charge < -0.3 is 18.0 Å². The third kappa shape index (κ3) is 8.90. The fourth-order valence-corrected chi connectivity index (χ4v) is 7.19. The third-order valence-corrected chi connectivity index (χ3v) is 10.4. The van der Waals surface area contributed by atoms with Gasteiger partial charge in [0.1, 0.15) is 6.10 Å². The van der Waals surface area contributed by atoms with Crippen LogP contribution >= 0.6 is 0 Å². The molecule has 7 heteroatoms. The van der Waals surface area contributed by atoms with E-state index in [2.05, 4.69) is 70.9 Å². The zero-order valence-electron chi connectivity index (χ0n) is 24.5. The van der Waals surface area contributed by atoms with Crippen LogP contribution in [0.5, 0.6) is 0 Å². The van der Waals surface area contributed by atoms with Gasteiger partial charge in [0.25, 0.3) is 0 Å². The topological polar surface area (TPSA) is 49.4 Å². The van der Waals surface area contributed by atoms with E-state index >= 15 is 0 Å². The summed E-state index contributed by atoms with van der Waals surface area (Å²) >= 11 is 0. The average molecular weight is 524 g/mol. The van der Waals surface area contributed by atoms with Gasteiger partial charge in [-0.1, -0.05) is 51.0 Å². The van der Waals surface area contributed by atoms with Crippen LogP contribution in [0.2, 0.25) is 6.04 Å². The molecular formula is C29H53NO5Si. The summed E-state index contributed by atoms with van der Waals surface area (Å²) in [5.74, 6) is 0.380. The molecule has 6 nitrogen and oxygen atoms in total. The molecule has 0 aliphatic carbocycles. The lowest BCUT2D eigenvalue weighted by molar-refractivity contribution is -0.313. The van der Waals surface area contributed by atoms with E-state index in [9.17, 15) is 0 Å². The van der Waals surface area contributed by atoms with E-state index in [1.807, 2.05) is 0 Å². The number of benzene rings is 1. The first-order chi connectivity index (χ1) is 17.0. The molecule has 1 aromatic carbocycles. The van der Waals surface area contributed by atoms with Crippen molar-refractivity contribution in [2.45, 2.75) is 116 Å². The normalized spacial score (nSPS) is 19.1. The SMILES string of the molecule is CO[Si](CCCCCCOCc1ccc(C(ON2C(C)(C)CCCC2(C)C)C(C)C)cc1)(OC)OC. The number of hydrogen-bond acceptors (Lipinski definition) is 6. The Bertz CT molecular complexity index is 724. The number of nitrogens with zero attached hydrogens (tertiary/aromatic N) is 1. The first kappa shape index (κ1) is 31.4. The minimum atomic E-state index is -2.43. The second-order valence-electron chi connectivity index (χ2n) is 11.8. The van der Waals surface area contributed by atoms with Gasteiger partial charge in [0.05, 0.1) is 6.61 Å². The molecule has 1 aliphatic heterocycles. The van der Waals surface area contributed by atoms with E-state index in [-0.39, 0.29) is 17.2 Å². The van der Waals surface area contributed by atoms with Gasteiger partial charge in [0.2, 0.25) is 0 Å². The number of unbranched alkanes of at least 4 members (excludes halogenated alkanes) is 3. The maximum Gasteiger partial charge on any atom is 0.500 e. The fraction of sp³-hybridized carbons (Fsp3) is 0.793. The smallest absolute Gasteiger partial charge is 0.377 e. The Hall–Kier alpha value is -0.803. The van der Waals surface area contributed by atoms with Gasteiger partial charge in [-0.3, -0.25) is 4.84 Å². The van der Waals surface area contributed by atoms with E-state index in [0.717, 1.165) is 51.2 Å². The van der Waals surface area contributed by atoms with Crippen molar-refractivity contribution in [3.8, 4) is 0 Å². The van der Waals surface area contributed by atoms with Crippen LogP contribution in [0, 0.1) is 5.92 Å². The molecule has 0 amide bonds. The number of hydroxylamine groups is 2. The molecule has 1 saturated heterocycles. The molecule has 0 spiro atoms. The highest BCUT2D eigenvalue weighted by Crippen LogP contribution is 2.41. The molecule has 1 unspecified atom stereocenters. The van der Waals surface area contributed by atoms with Crippen LogP contribution in [0.4, 0.5) is 0 Å². The maximum atomic E-state index is 6.78. The van der Waals surface area contributed by atoms with Gasteiger partial charge >= 0.3 is 8.80 Å². The molecule has 208 valence electrons. The Labute approximate surface area is 222 Å². The zero-order chi connectivity index (χ0) is 26.8. The van der Waals surface area contributed by atoms with Crippen LogP contribution in [-0.4, -0.2) is 52.9 Å². The van der Waals surface area contributed by atoms with E-state index in [0.29, 0.717) is 12.5 Å². The van der Waals surface area contributed by atoms with Crippen molar-refractivity contribution in [2.75, 3.05) is 27.9 Å². The first-order valence-corrected chi connectivity index (χ1v) is 15.7. The predicted octanol–water partition coefficient (Wildman–Crippen LogP) is 7.31. The highest BCUT2D eigenvalue weighted by Gasteiger charge is 2.44. The van der Waals surface area contributed by atoms with Crippen LogP contribution in [0.15, 0.2) is 24.3 Å². The minimum absolute atomic E-state index is 0.0328. The molecule has 1 aromatic rings. The summed E-state index contributed by atoms with van der Waals surface area (Å²) in [5.41, 5.74) is 2.50. The molecule has 1 atom stereocenters. The minimum Gasteiger partial charge on any atom is -0.377 e. The maximum absolute atomic E-state index is 6.78. The van der Waals surface area contributed by atoms with Crippen molar-refractivity contribution in [1.29, 1.82) is 0 Å². The van der Waals surface area contributed by atoms with Crippen molar-refractivity contribution in [3.05, 3.63) is 35.4 Å². The summed E-state index contributed by atoms with van der Waals surface area (Å²) in [4.78, 5) is 6.78. The van der Waals surface area contributed by atoms with Gasteiger partial charge in [-0.15, -0.1) is 0 Å². The average Bonchev–Trinajstić information content (AvgIpc) is 2.83. The van der Waals surface area contributed by atoms with Gasteiger partial charge in [-0.05, 0) is 76.8 Å². The van der Waals surface area contributed by atoms with E-state index in [1.54, 1.807) is 21.3 Å². The first-order valence-electron chi connectivity index (χ1n) is 13.8. The van der Waals surface area contributed by atoms with Crippen LogP contribution in [0.3, 0.4) is 0 Å². The molecule has 0 bridgehead atoms. The summed E-state index contributed by atoms with van der Waals surface area (Å²) in [7, 11) is 2.59. The Balaban J connectivity index is 1.79. The Kier molecular flexibility index (Phi) is 12.5. The summed E-state index contributed by atoms with van der Waals surface area (Å²) in [6, 6.07) is 9.66. The molecule has 2 rings (SSSR count). The van der Waals surface area contributed by atoms with Gasteiger partial charge in [-0.25, -0.2) is 0 Å². The van der Waals surface area contributed by atoms with Crippen LogP contribution < -0.4 is 0 Å². The fourth-order valence-electron chi connectivity index (χ4n) is 5.39. The van der Waals surface area contributed by atoms with E-state index in [4.69, 9.17) is 22.9 Å². The molecule has 0 N–H and O–H groups in total. The Morgan fingerprint density at radius 2 is 1.39 bits per heavy atom. The summed E-state index contributed by atoms with van der Waals surface area (Å²) in [6.45, 7) is 15.1. The molecule has 0 saturated carbocycles. The molecule has 0 radical (unpaired) electrons. The van der Waals surface area contributed by atoms with E-state index < -0.39 is 8.80 Å². The van der Waals surface area contributed by atoms with Crippen LogP contribution in [0.1, 0.15) is 104 Å². The van der Waals surface area contributed by atoms with Crippen molar-refractivity contribution >= 4 is 8.80 Å². The number of rotatable bonds is 16. The van der Waals surface area contributed by atoms with E-state index in [1.165, 1.54) is 17.5 Å². The highest BCUT2D eigenvalue weighted by molar-refractivity contribution is 6.60. The molecule has 0 aromatic heterocycles. The number of piperidine rings is 1. The standard InChI is InChI=1S/C29H53NO5Si/c1-24(2)27(35-30-28(3,4)19-14-20-29(30,5)6)26-17-15-25(16-18-26)23-34-21-12-10-11-13-22-36(31-7,32-8)33-9/h15-18,24,27H,10-14,19-23H2,1-9H3. The Morgan fingerprint density at radius 1 is 0.833 bits per heavy atom.